The molecule has 0 atom stereocenters. The number of para-hydroxylation sites is 1. The molecule has 0 radical (unpaired) electrons. The largest absolute Gasteiger partial charge is 0.369 e. The van der Waals surface area contributed by atoms with Gasteiger partial charge in [-0.05, 0) is 54.6 Å². The SMILES string of the molecule is CCN(CC)c1cc2nc(-c3ccccc3)nn(-c3ccccc3)c-2c(I)c1=O. The van der Waals surface area contributed by atoms with Crippen LogP contribution in [-0.4, -0.2) is 27.9 Å². The summed E-state index contributed by atoms with van der Waals surface area (Å²) in [6.07, 6.45) is 0. The van der Waals surface area contributed by atoms with E-state index in [9.17, 15) is 4.79 Å². The minimum atomic E-state index is 0.0162. The Hall–Kier alpha value is -2.74. The third kappa shape index (κ3) is 3.64. The summed E-state index contributed by atoms with van der Waals surface area (Å²) in [4.78, 5) is 20.1. The van der Waals surface area contributed by atoms with Crippen LogP contribution in [0.4, 0.5) is 5.69 Å². The Morgan fingerprint density at radius 1 is 0.966 bits per heavy atom. The molecule has 1 heterocycles. The quantitative estimate of drug-likeness (QED) is 0.371. The van der Waals surface area contributed by atoms with Crippen molar-refractivity contribution in [1.82, 2.24) is 14.8 Å². The van der Waals surface area contributed by atoms with Crippen LogP contribution >= 0.6 is 22.6 Å². The zero-order valence-electron chi connectivity index (χ0n) is 16.3. The fraction of sp³-hybridized carbons (Fsp3) is 0.174. The summed E-state index contributed by atoms with van der Waals surface area (Å²) in [6.45, 7) is 5.64. The molecule has 0 amide bonds. The van der Waals surface area contributed by atoms with E-state index in [0.29, 0.717) is 15.1 Å². The van der Waals surface area contributed by atoms with Crippen molar-refractivity contribution in [2.75, 3.05) is 18.0 Å². The molecule has 146 valence electrons. The normalized spacial score (nSPS) is 11.0. The molecule has 29 heavy (non-hydrogen) atoms. The lowest BCUT2D eigenvalue weighted by atomic mass is 10.1. The Kier molecular flexibility index (Phi) is 5.62. The van der Waals surface area contributed by atoms with Crippen LogP contribution in [-0.2, 0) is 0 Å². The number of benzene rings is 3. The number of anilines is 1. The van der Waals surface area contributed by atoms with Gasteiger partial charge in [0.25, 0.3) is 0 Å². The second-order valence-electron chi connectivity index (χ2n) is 6.63. The van der Waals surface area contributed by atoms with Crippen LogP contribution < -0.4 is 10.3 Å². The van der Waals surface area contributed by atoms with Crippen molar-refractivity contribution < 1.29 is 0 Å². The molecule has 1 aliphatic carbocycles. The number of fused-ring (bicyclic) bond motifs is 1. The van der Waals surface area contributed by atoms with E-state index in [1.165, 1.54) is 0 Å². The van der Waals surface area contributed by atoms with Crippen molar-refractivity contribution in [3.05, 3.63) is 80.5 Å². The van der Waals surface area contributed by atoms with Crippen LogP contribution in [0.5, 0.6) is 0 Å². The molecule has 2 aliphatic rings. The standard InChI is InChI=1S/C23H21IN4O/c1-3-27(4-2)19-15-18-21(20(24)22(19)29)28(17-13-9-6-10-14-17)26-23(25-18)16-11-7-5-8-12-16/h5-15H,3-4H2,1-2H3. The molecule has 0 aromatic heterocycles. The zero-order chi connectivity index (χ0) is 20.4. The first-order valence-corrected chi connectivity index (χ1v) is 10.7. The zero-order valence-corrected chi connectivity index (χ0v) is 18.5. The molecule has 0 saturated carbocycles. The Morgan fingerprint density at radius 3 is 2.21 bits per heavy atom. The van der Waals surface area contributed by atoms with E-state index in [-0.39, 0.29) is 5.43 Å². The van der Waals surface area contributed by atoms with Crippen LogP contribution in [0.2, 0.25) is 0 Å². The highest BCUT2D eigenvalue weighted by molar-refractivity contribution is 14.1. The fourth-order valence-corrected chi connectivity index (χ4v) is 4.21. The summed E-state index contributed by atoms with van der Waals surface area (Å²) in [5.74, 6) is 0.627. The van der Waals surface area contributed by atoms with Gasteiger partial charge in [0.2, 0.25) is 5.43 Å². The molecule has 6 heteroatoms. The Bertz CT molecular complexity index is 1150. The smallest absolute Gasteiger partial charge is 0.217 e. The van der Waals surface area contributed by atoms with E-state index >= 15 is 0 Å². The Labute approximate surface area is 183 Å². The summed E-state index contributed by atoms with van der Waals surface area (Å²) in [7, 11) is 0. The number of rotatable bonds is 5. The van der Waals surface area contributed by atoms with Gasteiger partial charge in [-0.1, -0.05) is 48.5 Å². The first-order chi connectivity index (χ1) is 14.1. The molecule has 1 aliphatic heterocycles. The van der Waals surface area contributed by atoms with E-state index in [0.717, 1.165) is 35.7 Å². The molecule has 2 aromatic carbocycles. The molecule has 0 spiro atoms. The van der Waals surface area contributed by atoms with Crippen molar-refractivity contribution >= 4 is 28.3 Å². The van der Waals surface area contributed by atoms with Crippen molar-refractivity contribution in [1.29, 1.82) is 0 Å². The number of nitrogens with zero attached hydrogens (tertiary/aromatic N) is 4. The summed E-state index contributed by atoms with van der Waals surface area (Å²) >= 11 is 2.13. The summed E-state index contributed by atoms with van der Waals surface area (Å²) in [5, 5.41) is 4.81. The van der Waals surface area contributed by atoms with E-state index in [4.69, 9.17) is 10.1 Å². The number of halogens is 1. The summed E-state index contributed by atoms with van der Waals surface area (Å²) < 4.78 is 2.46. The van der Waals surface area contributed by atoms with Gasteiger partial charge < -0.3 is 4.90 Å². The lowest BCUT2D eigenvalue weighted by Crippen LogP contribution is -2.30. The van der Waals surface area contributed by atoms with Crippen LogP contribution in [0, 0.1) is 3.57 Å². The van der Waals surface area contributed by atoms with Gasteiger partial charge >= 0.3 is 0 Å². The maximum atomic E-state index is 13.2. The van der Waals surface area contributed by atoms with Crippen molar-refractivity contribution in [3.63, 3.8) is 0 Å². The van der Waals surface area contributed by atoms with Crippen molar-refractivity contribution in [2.45, 2.75) is 13.8 Å². The Morgan fingerprint density at radius 2 is 1.59 bits per heavy atom. The molecule has 4 rings (SSSR count). The first-order valence-electron chi connectivity index (χ1n) is 9.63. The van der Waals surface area contributed by atoms with Gasteiger partial charge in [0.15, 0.2) is 5.82 Å². The third-order valence-corrected chi connectivity index (χ3v) is 5.93. The average molecular weight is 496 g/mol. The molecule has 0 fully saturated rings. The summed E-state index contributed by atoms with van der Waals surface area (Å²) in [5.41, 5.74) is 4.02. The predicted octanol–water partition coefficient (Wildman–Crippen LogP) is 4.85. The number of hydrogen-bond acceptors (Lipinski definition) is 4. The van der Waals surface area contributed by atoms with E-state index in [1.807, 2.05) is 71.4 Å². The topological polar surface area (TPSA) is 51.0 Å². The minimum Gasteiger partial charge on any atom is -0.369 e. The van der Waals surface area contributed by atoms with Gasteiger partial charge in [0.1, 0.15) is 5.69 Å². The van der Waals surface area contributed by atoms with Gasteiger partial charge in [0.05, 0.1) is 20.6 Å². The minimum absolute atomic E-state index is 0.0162. The van der Waals surface area contributed by atoms with Crippen LogP contribution in [0.3, 0.4) is 0 Å². The number of hydrogen-bond donors (Lipinski definition) is 0. The third-order valence-electron chi connectivity index (χ3n) is 4.93. The fourth-order valence-electron chi connectivity index (χ4n) is 3.43. The molecule has 5 nitrogen and oxygen atoms in total. The monoisotopic (exact) mass is 496 g/mol. The van der Waals surface area contributed by atoms with Crippen LogP contribution in [0.1, 0.15) is 13.8 Å². The predicted molar refractivity (Wildman–Crippen MR) is 126 cm³/mol. The highest BCUT2D eigenvalue weighted by Crippen LogP contribution is 2.31. The van der Waals surface area contributed by atoms with Crippen molar-refractivity contribution in [2.24, 2.45) is 0 Å². The molecule has 0 bridgehead atoms. The first kappa shape index (κ1) is 19.6. The van der Waals surface area contributed by atoms with Crippen LogP contribution in [0.15, 0.2) is 71.5 Å². The van der Waals surface area contributed by atoms with E-state index in [1.54, 1.807) is 0 Å². The van der Waals surface area contributed by atoms with E-state index in [2.05, 4.69) is 41.3 Å². The molecule has 0 N–H and O–H groups in total. The maximum Gasteiger partial charge on any atom is 0.217 e. The lowest BCUT2D eigenvalue weighted by molar-refractivity contribution is 0.818. The highest BCUT2D eigenvalue weighted by atomic mass is 127. The highest BCUT2D eigenvalue weighted by Gasteiger charge is 2.23. The maximum absolute atomic E-state index is 13.2. The molecule has 2 aromatic rings. The molecule has 0 unspecified atom stereocenters. The lowest BCUT2D eigenvalue weighted by Gasteiger charge is -2.23. The Balaban J connectivity index is 2.07. The molecular weight excluding hydrogens is 475 g/mol. The summed E-state index contributed by atoms with van der Waals surface area (Å²) in [6, 6.07) is 21.7. The van der Waals surface area contributed by atoms with Crippen molar-refractivity contribution in [3.8, 4) is 28.5 Å². The second-order valence-corrected chi connectivity index (χ2v) is 7.71. The number of aromatic nitrogens is 3. The van der Waals surface area contributed by atoms with Gasteiger partial charge in [-0.2, -0.15) is 0 Å². The average Bonchev–Trinajstić information content (AvgIpc) is 2.78. The molecule has 0 saturated heterocycles. The van der Waals surface area contributed by atoms with Crippen LogP contribution in [0.25, 0.3) is 28.5 Å². The second kappa shape index (κ2) is 8.32. The van der Waals surface area contributed by atoms with Gasteiger partial charge in [-0.15, -0.1) is 5.10 Å². The van der Waals surface area contributed by atoms with Gasteiger partial charge in [-0.3, -0.25) is 4.79 Å². The molecular formula is C23H21IN4O. The van der Waals surface area contributed by atoms with Gasteiger partial charge in [-0.25, -0.2) is 9.67 Å². The van der Waals surface area contributed by atoms with E-state index < -0.39 is 0 Å². The van der Waals surface area contributed by atoms with Gasteiger partial charge in [0, 0.05) is 18.7 Å².